The normalized spacial score (nSPS) is 10.6. The molecule has 0 aliphatic rings. The first-order valence-electron chi connectivity index (χ1n) is 6.29. The minimum atomic E-state index is -0.145. The lowest BCUT2D eigenvalue weighted by Crippen LogP contribution is -2.22. The molecule has 1 aromatic rings. The first-order chi connectivity index (χ1) is 8.01. The van der Waals surface area contributed by atoms with Crippen molar-refractivity contribution in [3.63, 3.8) is 0 Å². The topological polar surface area (TPSA) is 9.23 Å². The number of hydrogen-bond acceptors (Lipinski definition) is 1. The van der Waals surface area contributed by atoms with Gasteiger partial charge >= 0.3 is 0 Å². The molecule has 0 unspecified atom stereocenters. The minimum Gasteiger partial charge on any atom is -0.488 e. The molecule has 92 valence electrons. The summed E-state index contributed by atoms with van der Waals surface area (Å²) in [6.07, 6.45) is 3.36. The molecule has 0 saturated heterocycles. The number of hydrogen-bond donors (Lipinski definition) is 0. The molecule has 0 radical (unpaired) electrons. The van der Waals surface area contributed by atoms with Gasteiger partial charge in [0.1, 0.15) is 11.4 Å². The zero-order valence-electron chi connectivity index (χ0n) is 11.3. The summed E-state index contributed by atoms with van der Waals surface area (Å²) in [6.45, 7) is 8.32. The van der Waals surface area contributed by atoms with Crippen LogP contribution in [0.5, 0.6) is 5.75 Å². The van der Waals surface area contributed by atoms with Crippen LogP contribution in [0.25, 0.3) is 0 Å². The summed E-state index contributed by atoms with van der Waals surface area (Å²) in [5.41, 5.74) is 0.913. The van der Waals surface area contributed by atoms with Crippen molar-refractivity contribution in [2.45, 2.75) is 52.6 Å². The average molecular weight is 230 g/mol. The minimum absolute atomic E-state index is 0.145. The Morgan fingerprint density at radius 1 is 1.12 bits per heavy atom. The molecule has 0 heterocycles. The number of unbranched alkanes of at least 4 members (excludes halogenated alkanes) is 2. The van der Waals surface area contributed by atoms with Crippen molar-refractivity contribution in [3.8, 4) is 17.6 Å². The zero-order chi connectivity index (χ0) is 12.7. The molecule has 0 aromatic heterocycles. The summed E-state index contributed by atoms with van der Waals surface area (Å²) < 4.78 is 5.75. The van der Waals surface area contributed by atoms with Crippen molar-refractivity contribution in [1.29, 1.82) is 0 Å². The maximum atomic E-state index is 5.75. The van der Waals surface area contributed by atoms with Gasteiger partial charge in [-0.05, 0) is 51.5 Å². The van der Waals surface area contributed by atoms with Gasteiger partial charge in [0.05, 0.1) is 0 Å². The quantitative estimate of drug-likeness (QED) is 0.552. The number of benzene rings is 1. The van der Waals surface area contributed by atoms with E-state index < -0.39 is 0 Å². The molecule has 0 atom stereocenters. The predicted octanol–water partition coefficient (Wildman–Crippen LogP) is 4.41. The Morgan fingerprint density at radius 2 is 1.76 bits per heavy atom. The molecule has 17 heavy (non-hydrogen) atoms. The van der Waals surface area contributed by atoms with Crippen LogP contribution in [0.4, 0.5) is 0 Å². The third kappa shape index (κ3) is 6.02. The van der Waals surface area contributed by atoms with Crippen LogP contribution in [-0.4, -0.2) is 5.60 Å². The molecule has 1 nitrogen and oxygen atoms in total. The maximum Gasteiger partial charge on any atom is 0.120 e. The van der Waals surface area contributed by atoms with Gasteiger partial charge in [0.25, 0.3) is 0 Å². The van der Waals surface area contributed by atoms with E-state index in [4.69, 9.17) is 4.74 Å². The Balaban J connectivity index is 2.58. The molecule has 0 N–H and O–H groups in total. The second-order valence-electron chi connectivity index (χ2n) is 5.14. The summed E-state index contributed by atoms with van der Waals surface area (Å²) in [6, 6.07) is 7.99. The fourth-order valence-corrected chi connectivity index (χ4v) is 1.39. The predicted molar refractivity (Wildman–Crippen MR) is 73.2 cm³/mol. The summed E-state index contributed by atoms with van der Waals surface area (Å²) in [4.78, 5) is 0. The van der Waals surface area contributed by atoms with E-state index in [9.17, 15) is 0 Å². The Labute approximate surface area is 105 Å². The van der Waals surface area contributed by atoms with Crippen LogP contribution < -0.4 is 4.74 Å². The third-order valence-corrected chi connectivity index (χ3v) is 2.17. The highest BCUT2D eigenvalue weighted by Crippen LogP contribution is 2.18. The van der Waals surface area contributed by atoms with Gasteiger partial charge in [-0.15, -0.1) is 0 Å². The van der Waals surface area contributed by atoms with Crippen LogP contribution in [0.1, 0.15) is 52.5 Å². The third-order valence-electron chi connectivity index (χ3n) is 2.17. The van der Waals surface area contributed by atoms with E-state index in [-0.39, 0.29) is 5.60 Å². The van der Waals surface area contributed by atoms with Crippen molar-refractivity contribution in [1.82, 2.24) is 0 Å². The molecule has 0 aliphatic carbocycles. The van der Waals surface area contributed by atoms with Crippen LogP contribution in [-0.2, 0) is 0 Å². The molecular weight excluding hydrogens is 208 g/mol. The molecule has 0 spiro atoms. The zero-order valence-corrected chi connectivity index (χ0v) is 11.3. The lowest BCUT2D eigenvalue weighted by atomic mass is 10.1. The first kappa shape index (κ1) is 13.6. The summed E-state index contributed by atoms with van der Waals surface area (Å²) in [7, 11) is 0. The average Bonchev–Trinajstić information content (AvgIpc) is 2.25. The van der Waals surface area contributed by atoms with Gasteiger partial charge in [0.2, 0.25) is 0 Å². The molecular formula is C16H22O. The fourth-order valence-electron chi connectivity index (χ4n) is 1.39. The van der Waals surface area contributed by atoms with Crippen LogP contribution in [0, 0.1) is 11.8 Å². The monoisotopic (exact) mass is 230 g/mol. The number of rotatable bonds is 3. The van der Waals surface area contributed by atoms with Crippen LogP contribution >= 0.6 is 0 Å². The highest BCUT2D eigenvalue weighted by molar-refractivity contribution is 5.38. The second-order valence-corrected chi connectivity index (χ2v) is 5.14. The van der Waals surface area contributed by atoms with E-state index in [0.29, 0.717) is 0 Å². The largest absolute Gasteiger partial charge is 0.488 e. The highest BCUT2D eigenvalue weighted by Gasteiger charge is 2.10. The van der Waals surface area contributed by atoms with Crippen LogP contribution in [0.3, 0.4) is 0 Å². The van der Waals surface area contributed by atoms with Crippen molar-refractivity contribution in [3.05, 3.63) is 29.8 Å². The lowest BCUT2D eigenvalue weighted by molar-refractivity contribution is 0.131. The summed E-state index contributed by atoms with van der Waals surface area (Å²) in [5, 5.41) is 0. The smallest absolute Gasteiger partial charge is 0.120 e. The second kappa shape index (κ2) is 6.35. The van der Waals surface area contributed by atoms with Gasteiger partial charge in [-0.3, -0.25) is 0 Å². The molecule has 0 bridgehead atoms. The lowest BCUT2D eigenvalue weighted by Gasteiger charge is -2.21. The Bertz CT molecular complexity index is 384. The van der Waals surface area contributed by atoms with Gasteiger partial charge in [-0.2, -0.15) is 0 Å². The summed E-state index contributed by atoms with van der Waals surface area (Å²) >= 11 is 0. The van der Waals surface area contributed by atoms with Gasteiger partial charge in [0, 0.05) is 12.0 Å². The van der Waals surface area contributed by atoms with E-state index in [2.05, 4.69) is 18.8 Å². The SMILES string of the molecule is CCCCC#Cc1ccc(OC(C)(C)C)cc1. The molecule has 0 saturated carbocycles. The molecule has 0 amide bonds. The van der Waals surface area contributed by atoms with Crippen LogP contribution in [0.15, 0.2) is 24.3 Å². The van der Waals surface area contributed by atoms with Gasteiger partial charge in [0.15, 0.2) is 0 Å². The van der Waals surface area contributed by atoms with Gasteiger partial charge in [-0.1, -0.05) is 25.2 Å². The number of ether oxygens (including phenoxy) is 1. The molecule has 0 fully saturated rings. The molecule has 0 aliphatic heterocycles. The van der Waals surface area contributed by atoms with E-state index in [1.54, 1.807) is 0 Å². The Hall–Kier alpha value is -1.42. The molecule has 1 aromatic carbocycles. The standard InChI is InChI=1S/C16H22O/c1-5-6-7-8-9-14-10-12-15(13-11-14)17-16(2,3)4/h10-13H,5-7H2,1-4H3. The summed E-state index contributed by atoms with van der Waals surface area (Å²) in [5.74, 6) is 7.24. The molecule has 1 rings (SSSR count). The van der Waals surface area contributed by atoms with Crippen molar-refractivity contribution in [2.75, 3.05) is 0 Å². The van der Waals surface area contributed by atoms with E-state index in [0.717, 1.165) is 17.7 Å². The Kier molecular flexibility index (Phi) is 5.10. The van der Waals surface area contributed by atoms with E-state index in [1.165, 1.54) is 12.8 Å². The van der Waals surface area contributed by atoms with Gasteiger partial charge < -0.3 is 4.74 Å². The first-order valence-corrected chi connectivity index (χ1v) is 6.29. The maximum absolute atomic E-state index is 5.75. The Morgan fingerprint density at radius 3 is 2.29 bits per heavy atom. The molecule has 1 heteroatoms. The van der Waals surface area contributed by atoms with Crippen molar-refractivity contribution in [2.24, 2.45) is 0 Å². The van der Waals surface area contributed by atoms with Crippen molar-refractivity contribution >= 4 is 0 Å². The van der Waals surface area contributed by atoms with E-state index in [1.807, 2.05) is 45.0 Å². The highest BCUT2D eigenvalue weighted by atomic mass is 16.5. The van der Waals surface area contributed by atoms with Crippen LogP contribution in [0.2, 0.25) is 0 Å². The van der Waals surface area contributed by atoms with E-state index >= 15 is 0 Å². The van der Waals surface area contributed by atoms with Crippen molar-refractivity contribution < 1.29 is 4.74 Å². The van der Waals surface area contributed by atoms with Gasteiger partial charge in [-0.25, -0.2) is 0 Å². The fraction of sp³-hybridized carbons (Fsp3) is 0.500.